The summed E-state index contributed by atoms with van der Waals surface area (Å²) in [5, 5.41) is 13.5. The van der Waals surface area contributed by atoms with Gasteiger partial charge in [0, 0.05) is 43.9 Å². The molecule has 12 heteroatoms. The number of ether oxygens (including phenoxy) is 4. The molecular formula is C53H66N2O9Si. The van der Waals surface area contributed by atoms with E-state index < -0.39 is 26.5 Å². The molecule has 3 aliphatic rings. The molecule has 0 spiro atoms. The number of hydrogen-bond donors (Lipinski definition) is 1. The van der Waals surface area contributed by atoms with Crippen molar-refractivity contribution in [2.45, 2.75) is 147 Å². The van der Waals surface area contributed by atoms with Crippen molar-refractivity contribution in [1.82, 2.24) is 9.97 Å². The van der Waals surface area contributed by atoms with E-state index in [1.807, 2.05) is 45.9 Å². The second-order valence-electron chi connectivity index (χ2n) is 19.1. The van der Waals surface area contributed by atoms with Gasteiger partial charge in [-0.05, 0) is 65.7 Å². The summed E-state index contributed by atoms with van der Waals surface area (Å²) in [6, 6.07) is 21.4. The number of aliphatic hydroxyl groups excluding tert-OH is 1. The Bertz CT molecular complexity index is 2300. The zero-order valence-corrected chi connectivity index (χ0v) is 40.2. The molecule has 65 heavy (non-hydrogen) atoms. The number of aliphatic hydroxyl groups is 1. The number of oxazole rings is 2. The van der Waals surface area contributed by atoms with Gasteiger partial charge in [-0.1, -0.05) is 119 Å². The second-order valence-corrected chi connectivity index (χ2v) is 23.4. The predicted octanol–water partition coefficient (Wildman–Crippen LogP) is 9.10. The van der Waals surface area contributed by atoms with E-state index >= 15 is 0 Å². The van der Waals surface area contributed by atoms with Crippen molar-refractivity contribution in [3.63, 3.8) is 0 Å². The summed E-state index contributed by atoms with van der Waals surface area (Å²) in [7, 11) is -1.60. The molecule has 4 aromatic rings. The lowest BCUT2D eigenvalue weighted by atomic mass is 9.79. The van der Waals surface area contributed by atoms with Gasteiger partial charge in [0.2, 0.25) is 5.89 Å². The molecule has 3 aliphatic heterocycles. The number of hydrogen-bond acceptors (Lipinski definition) is 11. The van der Waals surface area contributed by atoms with Gasteiger partial charge < -0.3 is 37.3 Å². The largest absolute Gasteiger partial charge is 0.459 e. The van der Waals surface area contributed by atoms with Gasteiger partial charge >= 0.3 is 5.97 Å². The van der Waals surface area contributed by atoms with Gasteiger partial charge in [-0.25, -0.2) is 14.8 Å². The first-order valence-corrected chi connectivity index (χ1v) is 24.9. The number of aryl methyl sites for hydroxylation is 1. The maximum atomic E-state index is 11.7. The van der Waals surface area contributed by atoms with Gasteiger partial charge in [-0.15, -0.1) is 0 Å². The van der Waals surface area contributed by atoms with E-state index in [-0.39, 0.29) is 53.5 Å². The first-order chi connectivity index (χ1) is 31.1. The first-order valence-electron chi connectivity index (χ1n) is 23.0. The lowest BCUT2D eigenvalue weighted by Crippen LogP contribution is -2.68. The van der Waals surface area contributed by atoms with Gasteiger partial charge in [-0.2, -0.15) is 0 Å². The van der Waals surface area contributed by atoms with Gasteiger partial charge in [0.25, 0.3) is 8.32 Å². The topological polar surface area (TPSA) is 136 Å². The summed E-state index contributed by atoms with van der Waals surface area (Å²) < 4.78 is 44.2. The fraction of sp³-hybridized carbons (Fsp3) is 0.491. The van der Waals surface area contributed by atoms with Crippen molar-refractivity contribution in [3.8, 4) is 11.8 Å². The summed E-state index contributed by atoms with van der Waals surface area (Å²) in [5.41, 5.74) is 3.50. The molecule has 0 amide bonds. The van der Waals surface area contributed by atoms with Crippen LogP contribution in [0, 0.1) is 30.6 Å². The fourth-order valence-corrected chi connectivity index (χ4v) is 14.7. The van der Waals surface area contributed by atoms with Crippen LogP contribution in [0.15, 0.2) is 106 Å². The number of carbonyl (C=O) groups is 1. The quantitative estimate of drug-likeness (QED) is 0.0453. The molecule has 3 fully saturated rings. The van der Waals surface area contributed by atoms with Crippen molar-refractivity contribution in [2.24, 2.45) is 11.8 Å². The van der Waals surface area contributed by atoms with Crippen LogP contribution in [0.5, 0.6) is 0 Å². The molecule has 11 nitrogen and oxygen atoms in total. The van der Waals surface area contributed by atoms with E-state index in [1.54, 1.807) is 12.5 Å². The third-order valence-corrected chi connectivity index (χ3v) is 18.3. The zero-order chi connectivity index (χ0) is 46.3. The Balaban J connectivity index is 1.12. The SMILES string of the molecule is C=C1C[C@H](C[C@@H]2C[C@H](O[Si](c3ccccc3)(c3ccccc3)C(C)(C)C)C[C@H](c3coc(/C=C/C[C@H]4O[C@@H](/C(C)=C/c5coc(C)n5)[C@H](C)[C@@H](O)[C@H]4C)n3)O2)O[C@@H](CC#CC(=O)OC)C1. The van der Waals surface area contributed by atoms with E-state index in [1.165, 1.54) is 17.5 Å². The van der Waals surface area contributed by atoms with Crippen LogP contribution in [-0.4, -0.2) is 79.2 Å². The summed E-state index contributed by atoms with van der Waals surface area (Å²) in [6.07, 6.45) is 11.2. The Hall–Kier alpha value is -4.87. The lowest BCUT2D eigenvalue weighted by molar-refractivity contribution is -0.148. The van der Waals surface area contributed by atoms with Crippen LogP contribution >= 0.6 is 0 Å². The van der Waals surface area contributed by atoms with Crippen LogP contribution in [0.3, 0.4) is 0 Å². The average molecular weight is 903 g/mol. The molecular weight excluding hydrogens is 837 g/mol. The maximum absolute atomic E-state index is 11.7. The average Bonchev–Trinajstić information content (AvgIpc) is 3.93. The highest BCUT2D eigenvalue weighted by Crippen LogP contribution is 2.43. The molecule has 2 aromatic carbocycles. The van der Waals surface area contributed by atoms with Crippen LogP contribution in [0.4, 0.5) is 0 Å². The molecule has 0 saturated carbocycles. The number of methoxy groups -OCH3 is 1. The summed E-state index contributed by atoms with van der Waals surface area (Å²) in [6.45, 7) is 19.1. The minimum absolute atomic E-state index is 0.0819. The Labute approximate surface area is 385 Å². The minimum atomic E-state index is -2.92. The standard InChI is InChI=1S/C53H66N2O9Si/c1-34-26-40(18-16-25-50(56)58-9)61-41(27-34)29-42-30-43(64-65(53(6,7)8,44-19-12-10-13-20-44)45-21-14-11-15-22-45)31-48(62-42)46-33-60-49(55-46)24-17-23-47-36(3)51(57)37(4)52(63-47)35(2)28-39-32-59-38(5)54-39/h10-15,17,19-22,24,28,32-33,36-37,40-43,47-48,51-52,57H,1,18,23,26-27,29-31H2,2-9H3/b24-17+,35-28+/t36-,37+,40-,41+,42+,43-,47+,48+,51-,52-/m0/s1. The molecule has 2 aromatic heterocycles. The van der Waals surface area contributed by atoms with Crippen molar-refractivity contribution < 1.29 is 42.1 Å². The second kappa shape index (κ2) is 21.2. The fourth-order valence-electron chi connectivity index (χ4n) is 9.98. The molecule has 0 radical (unpaired) electrons. The highest BCUT2D eigenvalue weighted by molar-refractivity contribution is 6.99. The third-order valence-electron chi connectivity index (χ3n) is 13.2. The smallest absolute Gasteiger partial charge is 0.384 e. The van der Waals surface area contributed by atoms with Crippen LogP contribution < -0.4 is 10.4 Å². The van der Waals surface area contributed by atoms with Crippen LogP contribution in [0.2, 0.25) is 5.04 Å². The summed E-state index contributed by atoms with van der Waals surface area (Å²) in [4.78, 5) is 21.1. The monoisotopic (exact) mass is 902 g/mol. The zero-order valence-electron chi connectivity index (χ0n) is 39.2. The molecule has 1 N–H and O–H groups in total. The number of benzene rings is 2. The Kier molecular flexibility index (Phi) is 15.7. The summed E-state index contributed by atoms with van der Waals surface area (Å²) >= 11 is 0. The molecule has 10 atom stereocenters. The Morgan fingerprint density at radius 2 is 1.62 bits per heavy atom. The number of rotatable bonds is 13. The minimum Gasteiger partial charge on any atom is -0.459 e. The van der Waals surface area contributed by atoms with E-state index in [0.717, 1.165) is 16.8 Å². The maximum Gasteiger partial charge on any atom is 0.384 e. The molecule has 0 bridgehead atoms. The molecule has 5 heterocycles. The number of nitrogens with zero attached hydrogens (tertiary/aromatic N) is 2. The molecule has 7 rings (SSSR count). The van der Waals surface area contributed by atoms with Gasteiger partial charge in [0.15, 0.2) is 5.89 Å². The van der Waals surface area contributed by atoms with Gasteiger partial charge in [-0.3, -0.25) is 0 Å². The molecule has 0 aliphatic carbocycles. The summed E-state index contributed by atoms with van der Waals surface area (Å²) in [5.74, 6) is 5.78. The molecule has 3 saturated heterocycles. The molecule has 346 valence electrons. The van der Waals surface area contributed by atoms with Crippen LogP contribution in [-0.2, 0) is 28.2 Å². The third kappa shape index (κ3) is 11.6. The van der Waals surface area contributed by atoms with E-state index in [4.69, 9.17) is 37.2 Å². The highest BCUT2D eigenvalue weighted by Gasteiger charge is 2.52. The normalized spacial score (nSPS) is 27.9. The van der Waals surface area contributed by atoms with Crippen molar-refractivity contribution in [2.75, 3.05) is 7.11 Å². The van der Waals surface area contributed by atoms with Gasteiger partial charge in [0.05, 0.1) is 49.8 Å². The predicted molar refractivity (Wildman–Crippen MR) is 253 cm³/mol. The van der Waals surface area contributed by atoms with Crippen molar-refractivity contribution >= 4 is 36.8 Å². The van der Waals surface area contributed by atoms with E-state index in [0.29, 0.717) is 62.4 Å². The van der Waals surface area contributed by atoms with Gasteiger partial charge in [0.1, 0.15) is 30.0 Å². The number of aromatic nitrogens is 2. The van der Waals surface area contributed by atoms with E-state index in [9.17, 15) is 9.90 Å². The molecule has 0 unspecified atom stereocenters. The van der Waals surface area contributed by atoms with Crippen LogP contribution in [0.25, 0.3) is 12.2 Å². The highest BCUT2D eigenvalue weighted by atomic mass is 28.4. The van der Waals surface area contributed by atoms with Crippen LogP contribution in [0.1, 0.15) is 116 Å². The Morgan fingerprint density at radius 1 is 0.923 bits per heavy atom. The van der Waals surface area contributed by atoms with E-state index in [2.05, 4.69) is 105 Å². The van der Waals surface area contributed by atoms with Crippen molar-refractivity contribution in [3.05, 3.63) is 120 Å². The number of esters is 1. The number of carbonyl (C=O) groups excluding carboxylic acids is 1. The lowest BCUT2D eigenvalue weighted by Gasteiger charge is -2.47. The Morgan fingerprint density at radius 3 is 2.26 bits per heavy atom. The van der Waals surface area contributed by atoms with Crippen molar-refractivity contribution in [1.29, 1.82) is 0 Å². The first kappa shape index (κ1) is 48.1.